The van der Waals surface area contributed by atoms with Crippen molar-refractivity contribution in [3.05, 3.63) is 12.2 Å². The van der Waals surface area contributed by atoms with Crippen LogP contribution in [0, 0.1) is 11.8 Å². The number of nitrogens with one attached hydrogen (secondary N) is 2. The van der Waals surface area contributed by atoms with Crippen molar-refractivity contribution >= 4 is 6.09 Å². The van der Waals surface area contributed by atoms with Crippen LogP contribution >= 0.6 is 0 Å². The molecular formula is C17H32N2O2. The van der Waals surface area contributed by atoms with Gasteiger partial charge in [-0.3, -0.25) is 0 Å². The first-order valence-corrected chi connectivity index (χ1v) is 8.13. The lowest BCUT2D eigenvalue weighted by Crippen LogP contribution is -2.46. The lowest BCUT2D eigenvalue weighted by molar-refractivity contribution is 0.0519. The van der Waals surface area contributed by atoms with Crippen LogP contribution in [0.2, 0.25) is 0 Å². The number of rotatable bonds is 6. The zero-order chi connectivity index (χ0) is 15.9. The molecule has 0 saturated carbocycles. The van der Waals surface area contributed by atoms with E-state index in [4.69, 9.17) is 4.74 Å². The minimum absolute atomic E-state index is 0.281. The molecule has 4 nitrogen and oxygen atoms in total. The summed E-state index contributed by atoms with van der Waals surface area (Å²) in [6.45, 7) is 11.6. The zero-order valence-corrected chi connectivity index (χ0v) is 14.2. The van der Waals surface area contributed by atoms with Crippen LogP contribution in [0.5, 0.6) is 0 Å². The third-order valence-corrected chi connectivity index (χ3v) is 3.72. The van der Waals surface area contributed by atoms with Crippen molar-refractivity contribution < 1.29 is 9.53 Å². The average molecular weight is 296 g/mol. The first-order valence-electron chi connectivity index (χ1n) is 8.13. The summed E-state index contributed by atoms with van der Waals surface area (Å²) in [6.07, 6.45) is 7.81. The normalized spacial score (nSPS) is 20.4. The fraction of sp³-hybridized carbons (Fsp3) is 0.824. The summed E-state index contributed by atoms with van der Waals surface area (Å²) in [5, 5.41) is 6.47. The fourth-order valence-electron chi connectivity index (χ4n) is 2.41. The maximum atomic E-state index is 11.7. The van der Waals surface area contributed by atoms with E-state index >= 15 is 0 Å². The minimum Gasteiger partial charge on any atom is -0.444 e. The molecule has 2 N–H and O–H groups in total. The van der Waals surface area contributed by atoms with Crippen LogP contribution < -0.4 is 10.6 Å². The lowest BCUT2D eigenvalue weighted by atomic mass is 9.93. The van der Waals surface area contributed by atoms with Crippen LogP contribution in [-0.4, -0.2) is 30.8 Å². The van der Waals surface area contributed by atoms with E-state index < -0.39 is 5.60 Å². The highest BCUT2D eigenvalue weighted by Gasteiger charge is 2.20. The van der Waals surface area contributed by atoms with Crippen LogP contribution in [0.3, 0.4) is 0 Å². The maximum absolute atomic E-state index is 11.7. The van der Waals surface area contributed by atoms with Gasteiger partial charge in [0.05, 0.1) is 0 Å². The highest BCUT2D eigenvalue weighted by Crippen LogP contribution is 2.17. The van der Waals surface area contributed by atoms with Crippen LogP contribution in [0.1, 0.15) is 53.9 Å². The van der Waals surface area contributed by atoms with Crippen molar-refractivity contribution in [3.8, 4) is 0 Å². The summed E-state index contributed by atoms with van der Waals surface area (Å²) in [5.74, 6) is 1.19. The summed E-state index contributed by atoms with van der Waals surface area (Å²) < 4.78 is 5.28. The van der Waals surface area contributed by atoms with Gasteiger partial charge in [0, 0.05) is 12.6 Å². The van der Waals surface area contributed by atoms with Crippen molar-refractivity contribution in [2.24, 2.45) is 11.8 Å². The van der Waals surface area contributed by atoms with Crippen LogP contribution in [0.15, 0.2) is 12.2 Å². The van der Waals surface area contributed by atoms with Gasteiger partial charge in [-0.1, -0.05) is 26.0 Å². The Morgan fingerprint density at radius 2 is 2.05 bits per heavy atom. The van der Waals surface area contributed by atoms with Crippen molar-refractivity contribution in [1.29, 1.82) is 0 Å². The van der Waals surface area contributed by atoms with Gasteiger partial charge in [0.25, 0.3) is 0 Å². The van der Waals surface area contributed by atoms with E-state index in [1.165, 1.54) is 12.8 Å². The number of amides is 1. The second kappa shape index (κ2) is 8.42. The van der Waals surface area contributed by atoms with E-state index in [0.29, 0.717) is 12.5 Å². The Morgan fingerprint density at radius 1 is 1.33 bits per heavy atom. The predicted octanol–water partition coefficient (Wildman–Crippen LogP) is 3.48. The van der Waals surface area contributed by atoms with E-state index in [-0.39, 0.29) is 12.1 Å². The Hall–Kier alpha value is -1.03. The van der Waals surface area contributed by atoms with Gasteiger partial charge in [0.15, 0.2) is 0 Å². The largest absolute Gasteiger partial charge is 0.444 e. The number of carbonyl (C=O) groups excluding carboxylic acids is 1. The summed E-state index contributed by atoms with van der Waals surface area (Å²) in [7, 11) is 0. The topological polar surface area (TPSA) is 50.4 Å². The van der Waals surface area contributed by atoms with Crippen LogP contribution in [0.4, 0.5) is 4.79 Å². The molecule has 0 aromatic heterocycles. The van der Waals surface area contributed by atoms with Crippen molar-refractivity contribution in [2.45, 2.75) is 65.5 Å². The molecule has 1 aliphatic carbocycles. The Kier molecular flexibility index (Phi) is 7.23. The first kappa shape index (κ1) is 18.0. The molecule has 1 rings (SSSR count). The molecule has 0 spiro atoms. The van der Waals surface area contributed by atoms with Crippen molar-refractivity contribution in [1.82, 2.24) is 10.6 Å². The Bertz CT molecular complexity index is 345. The number of hydrogen-bond acceptors (Lipinski definition) is 3. The molecule has 122 valence electrons. The number of alkyl carbamates (subject to hydrolysis) is 1. The van der Waals surface area contributed by atoms with E-state index in [9.17, 15) is 4.79 Å². The molecular weight excluding hydrogens is 264 g/mol. The van der Waals surface area contributed by atoms with Gasteiger partial charge in [0.2, 0.25) is 0 Å². The van der Waals surface area contributed by atoms with Gasteiger partial charge in [-0.2, -0.15) is 0 Å². The molecule has 2 atom stereocenters. The molecule has 0 aromatic carbocycles. The van der Waals surface area contributed by atoms with Gasteiger partial charge in [-0.15, -0.1) is 0 Å². The molecule has 4 heteroatoms. The van der Waals surface area contributed by atoms with E-state index in [0.717, 1.165) is 18.9 Å². The molecule has 0 radical (unpaired) electrons. The minimum atomic E-state index is -0.445. The predicted molar refractivity (Wildman–Crippen MR) is 87.3 cm³/mol. The third-order valence-electron chi connectivity index (χ3n) is 3.72. The number of ether oxygens (including phenoxy) is 1. The van der Waals surface area contributed by atoms with Gasteiger partial charge < -0.3 is 15.4 Å². The maximum Gasteiger partial charge on any atom is 0.407 e. The molecule has 0 aromatic rings. The fourth-order valence-corrected chi connectivity index (χ4v) is 2.41. The summed E-state index contributed by atoms with van der Waals surface area (Å²) >= 11 is 0. The number of hydrogen-bond donors (Lipinski definition) is 2. The highest BCUT2D eigenvalue weighted by atomic mass is 16.6. The second-order valence-electron chi connectivity index (χ2n) is 7.29. The van der Waals surface area contributed by atoms with E-state index in [1.807, 2.05) is 20.8 Å². The standard InChI is InChI=1S/C17H32N2O2/c1-13(2)15(12-19-16(20)21-17(3,4)5)18-11-14-9-7-6-8-10-14/h6-7,13-15,18H,8-12H2,1-5H3,(H,19,20). The van der Waals surface area contributed by atoms with Gasteiger partial charge in [-0.25, -0.2) is 4.79 Å². The quantitative estimate of drug-likeness (QED) is 0.738. The van der Waals surface area contributed by atoms with Gasteiger partial charge in [0.1, 0.15) is 5.60 Å². The second-order valence-corrected chi connectivity index (χ2v) is 7.29. The number of carbonyl (C=O) groups is 1. The van der Waals surface area contributed by atoms with Gasteiger partial charge >= 0.3 is 6.09 Å². The van der Waals surface area contributed by atoms with Crippen molar-refractivity contribution in [2.75, 3.05) is 13.1 Å². The van der Waals surface area contributed by atoms with Crippen LogP contribution in [-0.2, 0) is 4.74 Å². The zero-order valence-electron chi connectivity index (χ0n) is 14.2. The van der Waals surface area contributed by atoms with Crippen LogP contribution in [0.25, 0.3) is 0 Å². The molecule has 2 unspecified atom stereocenters. The molecule has 1 amide bonds. The molecule has 21 heavy (non-hydrogen) atoms. The monoisotopic (exact) mass is 296 g/mol. The molecule has 0 bridgehead atoms. The highest BCUT2D eigenvalue weighted by molar-refractivity contribution is 5.67. The number of allylic oxidation sites excluding steroid dienone is 2. The molecule has 0 fully saturated rings. The average Bonchev–Trinajstić information content (AvgIpc) is 2.37. The summed E-state index contributed by atoms with van der Waals surface area (Å²) in [6, 6.07) is 0.281. The summed E-state index contributed by atoms with van der Waals surface area (Å²) in [5.41, 5.74) is -0.445. The lowest BCUT2D eigenvalue weighted by Gasteiger charge is -2.27. The van der Waals surface area contributed by atoms with Crippen molar-refractivity contribution in [3.63, 3.8) is 0 Å². The Labute approximate surface area is 129 Å². The van der Waals surface area contributed by atoms with Gasteiger partial charge in [-0.05, 0) is 58.4 Å². The Morgan fingerprint density at radius 3 is 2.57 bits per heavy atom. The van der Waals surface area contributed by atoms with E-state index in [2.05, 4.69) is 36.6 Å². The third kappa shape index (κ3) is 8.10. The SMILES string of the molecule is CC(C)C(CNC(=O)OC(C)(C)C)NCC1CC=CCC1. The first-order chi connectivity index (χ1) is 9.78. The summed E-state index contributed by atoms with van der Waals surface area (Å²) in [4.78, 5) is 11.7. The smallest absolute Gasteiger partial charge is 0.407 e. The molecule has 0 saturated heterocycles. The molecule has 0 heterocycles. The Balaban J connectivity index is 2.32. The molecule has 1 aliphatic rings. The van der Waals surface area contributed by atoms with E-state index in [1.54, 1.807) is 0 Å². The molecule has 0 aliphatic heterocycles.